The van der Waals surface area contributed by atoms with Gasteiger partial charge in [0.15, 0.2) is 5.22 Å². The van der Waals surface area contributed by atoms with E-state index in [1.165, 1.54) is 0 Å². The Balaban J connectivity index is 0.00000112. The fourth-order valence-electron chi connectivity index (χ4n) is 1.80. The Kier molecular flexibility index (Phi) is 7.44. The van der Waals surface area contributed by atoms with E-state index in [0.29, 0.717) is 11.3 Å². The van der Waals surface area contributed by atoms with Gasteiger partial charge in [-0.05, 0) is 30.7 Å². The highest BCUT2D eigenvalue weighted by molar-refractivity contribution is 6.28. The summed E-state index contributed by atoms with van der Waals surface area (Å²) in [4.78, 5) is 2.39. The highest BCUT2D eigenvalue weighted by Crippen LogP contribution is 2.24. The topological polar surface area (TPSA) is 28.4 Å². The van der Waals surface area contributed by atoms with Gasteiger partial charge in [-0.1, -0.05) is 0 Å². The molecule has 0 spiro atoms. The molecule has 0 saturated carbocycles. The summed E-state index contributed by atoms with van der Waals surface area (Å²) >= 11 is 5.75. The first kappa shape index (κ1) is 16.1. The van der Waals surface area contributed by atoms with Crippen LogP contribution in [0.15, 0.2) is 16.5 Å². The predicted molar refractivity (Wildman–Crippen MR) is 71.1 cm³/mol. The first-order valence-corrected chi connectivity index (χ1v) is 5.35. The predicted octanol–water partition coefficient (Wildman–Crippen LogP) is 2.74. The average Bonchev–Trinajstić information content (AvgIpc) is 2.65. The molecule has 1 fully saturated rings. The average molecular weight is 288 g/mol. The summed E-state index contributed by atoms with van der Waals surface area (Å²) < 4.78 is 5.40. The molecule has 1 aromatic rings. The van der Waals surface area contributed by atoms with Crippen LogP contribution in [-0.4, -0.2) is 31.1 Å². The molecule has 0 aliphatic carbocycles. The normalized spacial score (nSPS) is 18.4. The fraction of sp³-hybridized carbons (Fsp3) is 0.600. The Labute approximate surface area is 113 Å². The molecule has 1 aliphatic heterocycles. The number of hydrogen-bond donors (Lipinski definition) is 1. The number of rotatable bonds is 2. The van der Waals surface area contributed by atoms with Crippen molar-refractivity contribution < 1.29 is 4.42 Å². The zero-order chi connectivity index (χ0) is 9.97. The third kappa shape index (κ3) is 3.82. The summed E-state index contributed by atoms with van der Waals surface area (Å²) in [5, 5.41) is 3.80. The number of piperazine rings is 1. The van der Waals surface area contributed by atoms with Crippen LogP contribution in [0.4, 0.5) is 0 Å². The molecule has 1 aromatic heterocycles. The summed E-state index contributed by atoms with van der Waals surface area (Å²) in [6.45, 7) is 6.40. The van der Waals surface area contributed by atoms with Crippen LogP contribution in [0.2, 0.25) is 5.22 Å². The fourth-order valence-corrected chi connectivity index (χ4v) is 1.95. The van der Waals surface area contributed by atoms with E-state index < -0.39 is 0 Å². The molecule has 0 bridgehead atoms. The molecule has 16 heavy (non-hydrogen) atoms. The van der Waals surface area contributed by atoms with Gasteiger partial charge >= 0.3 is 0 Å². The van der Waals surface area contributed by atoms with Crippen molar-refractivity contribution in [1.82, 2.24) is 10.2 Å². The summed E-state index contributed by atoms with van der Waals surface area (Å²) in [7, 11) is 0. The Bertz CT molecular complexity index is 300. The highest BCUT2D eigenvalue weighted by atomic mass is 35.5. The van der Waals surface area contributed by atoms with E-state index >= 15 is 0 Å². The Morgan fingerprint density at radius 3 is 2.44 bits per heavy atom. The van der Waals surface area contributed by atoms with Crippen LogP contribution >= 0.6 is 36.4 Å². The SMILES string of the molecule is C[C@H](c1ccc(Cl)o1)N1CCNCC1.Cl.Cl. The van der Waals surface area contributed by atoms with Crippen LogP contribution in [0.3, 0.4) is 0 Å². The Morgan fingerprint density at radius 2 is 1.94 bits per heavy atom. The zero-order valence-electron chi connectivity index (χ0n) is 9.11. The molecule has 94 valence electrons. The third-order valence-corrected chi connectivity index (χ3v) is 2.91. The van der Waals surface area contributed by atoms with E-state index in [2.05, 4.69) is 17.1 Å². The van der Waals surface area contributed by atoms with Crippen LogP contribution in [0.1, 0.15) is 18.7 Å². The van der Waals surface area contributed by atoms with Gasteiger partial charge in [0.2, 0.25) is 0 Å². The van der Waals surface area contributed by atoms with Gasteiger partial charge in [-0.2, -0.15) is 0 Å². The number of nitrogens with one attached hydrogen (secondary N) is 1. The van der Waals surface area contributed by atoms with E-state index in [1.54, 1.807) is 6.07 Å². The molecule has 6 heteroatoms. The van der Waals surface area contributed by atoms with Crippen molar-refractivity contribution in [3.05, 3.63) is 23.1 Å². The van der Waals surface area contributed by atoms with Gasteiger partial charge in [-0.3, -0.25) is 4.90 Å². The van der Waals surface area contributed by atoms with Gasteiger partial charge in [0.25, 0.3) is 0 Å². The van der Waals surface area contributed by atoms with E-state index in [9.17, 15) is 0 Å². The van der Waals surface area contributed by atoms with Gasteiger partial charge < -0.3 is 9.73 Å². The third-order valence-electron chi connectivity index (χ3n) is 2.71. The lowest BCUT2D eigenvalue weighted by molar-refractivity contribution is 0.167. The second kappa shape index (κ2) is 7.41. The van der Waals surface area contributed by atoms with Crippen molar-refractivity contribution >= 4 is 36.4 Å². The van der Waals surface area contributed by atoms with E-state index in [0.717, 1.165) is 31.9 Å². The van der Waals surface area contributed by atoms with Gasteiger partial charge in [0.1, 0.15) is 5.76 Å². The van der Waals surface area contributed by atoms with E-state index in [4.69, 9.17) is 16.0 Å². The standard InChI is InChI=1S/C10H15ClN2O.2ClH/c1-8(9-2-3-10(11)14-9)13-6-4-12-5-7-13;;/h2-3,8,12H,4-7H2,1H3;2*1H/t8-;;/m1../s1. The molecule has 0 aromatic carbocycles. The van der Waals surface area contributed by atoms with Crippen LogP contribution in [0.5, 0.6) is 0 Å². The van der Waals surface area contributed by atoms with Crippen LogP contribution in [-0.2, 0) is 0 Å². The second-order valence-electron chi connectivity index (χ2n) is 3.60. The molecule has 2 heterocycles. The summed E-state index contributed by atoms with van der Waals surface area (Å²) in [5.41, 5.74) is 0. The molecule has 3 nitrogen and oxygen atoms in total. The summed E-state index contributed by atoms with van der Waals surface area (Å²) in [5.74, 6) is 0.955. The molecule has 0 amide bonds. The number of nitrogens with zero attached hydrogens (tertiary/aromatic N) is 1. The lowest BCUT2D eigenvalue weighted by atomic mass is 10.2. The van der Waals surface area contributed by atoms with Gasteiger partial charge in [-0.25, -0.2) is 0 Å². The maximum absolute atomic E-state index is 5.75. The first-order chi connectivity index (χ1) is 6.77. The minimum atomic E-state index is 0. The summed E-state index contributed by atoms with van der Waals surface area (Å²) in [6.07, 6.45) is 0. The Morgan fingerprint density at radius 1 is 1.31 bits per heavy atom. The molecular weight excluding hydrogens is 270 g/mol. The maximum Gasteiger partial charge on any atom is 0.193 e. The van der Waals surface area contributed by atoms with Crippen molar-refractivity contribution in [1.29, 1.82) is 0 Å². The van der Waals surface area contributed by atoms with Crippen molar-refractivity contribution in [3.8, 4) is 0 Å². The number of hydrogen-bond acceptors (Lipinski definition) is 3. The highest BCUT2D eigenvalue weighted by Gasteiger charge is 2.20. The molecule has 1 atom stereocenters. The molecule has 1 saturated heterocycles. The van der Waals surface area contributed by atoms with Crippen molar-refractivity contribution in [2.75, 3.05) is 26.2 Å². The molecule has 1 N–H and O–H groups in total. The molecule has 2 rings (SSSR count). The van der Waals surface area contributed by atoms with Crippen molar-refractivity contribution in [2.45, 2.75) is 13.0 Å². The van der Waals surface area contributed by atoms with Crippen LogP contribution < -0.4 is 5.32 Å². The smallest absolute Gasteiger partial charge is 0.193 e. The largest absolute Gasteiger partial charge is 0.448 e. The molecule has 1 aliphatic rings. The minimum Gasteiger partial charge on any atom is -0.448 e. The molecular formula is C10H17Cl3N2O. The van der Waals surface area contributed by atoms with Gasteiger partial charge in [0, 0.05) is 26.2 Å². The minimum absolute atomic E-state index is 0. The van der Waals surface area contributed by atoms with E-state index in [1.807, 2.05) is 6.07 Å². The van der Waals surface area contributed by atoms with Crippen LogP contribution in [0, 0.1) is 0 Å². The summed E-state index contributed by atoms with van der Waals surface area (Å²) in [6, 6.07) is 4.08. The van der Waals surface area contributed by atoms with Crippen LogP contribution in [0.25, 0.3) is 0 Å². The molecule has 0 radical (unpaired) electrons. The lowest BCUT2D eigenvalue weighted by Gasteiger charge is -2.31. The number of halogens is 3. The monoisotopic (exact) mass is 286 g/mol. The lowest BCUT2D eigenvalue weighted by Crippen LogP contribution is -2.44. The van der Waals surface area contributed by atoms with Gasteiger partial charge in [-0.15, -0.1) is 24.8 Å². The second-order valence-corrected chi connectivity index (χ2v) is 3.98. The van der Waals surface area contributed by atoms with E-state index in [-0.39, 0.29) is 24.8 Å². The molecule has 0 unspecified atom stereocenters. The van der Waals surface area contributed by atoms with Crippen molar-refractivity contribution in [2.24, 2.45) is 0 Å². The Hall–Kier alpha value is 0.0700. The van der Waals surface area contributed by atoms with Gasteiger partial charge in [0.05, 0.1) is 6.04 Å². The first-order valence-electron chi connectivity index (χ1n) is 4.97. The number of furan rings is 1. The zero-order valence-corrected chi connectivity index (χ0v) is 11.5. The maximum atomic E-state index is 5.75. The van der Waals surface area contributed by atoms with Crippen molar-refractivity contribution in [3.63, 3.8) is 0 Å². The quantitative estimate of drug-likeness (QED) is 0.907.